The molecule has 1 N–H and O–H groups in total. The van der Waals surface area contributed by atoms with Crippen molar-refractivity contribution in [3.05, 3.63) is 0 Å². The van der Waals surface area contributed by atoms with Crippen LogP contribution in [0.15, 0.2) is 0 Å². The molecule has 80 valence electrons. The van der Waals surface area contributed by atoms with Crippen LogP contribution in [0.1, 0.15) is 45.4 Å². The van der Waals surface area contributed by atoms with Crippen LogP contribution in [0.4, 0.5) is 0 Å². The largest absolute Gasteiger partial charge is 0.360 e. The molecule has 2 rings (SSSR count). The standard InChI is InChI=1S/C12H22N2/c1-9-4-3-5-11(8-9)14(2)12(13)10-6-7-10/h9-11,13H,3-8H2,1-2H3. The van der Waals surface area contributed by atoms with Crippen LogP contribution < -0.4 is 0 Å². The van der Waals surface area contributed by atoms with Crippen LogP contribution in [0.25, 0.3) is 0 Å². The molecule has 0 aromatic rings. The van der Waals surface area contributed by atoms with Crippen LogP contribution in [-0.4, -0.2) is 23.8 Å². The molecule has 0 amide bonds. The first-order chi connectivity index (χ1) is 6.68. The lowest BCUT2D eigenvalue weighted by molar-refractivity contribution is 0.227. The summed E-state index contributed by atoms with van der Waals surface area (Å²) in [6, 6.07) is 0.659. The molecule has 2 aliphatic rings. The molecule has 0 spiro atoms. The highest BCUT2D eigenvalue weighted by Crippen LogP contribution is 2.34. The van der Waals surface area contributed by atoms with E-state index in [1.54, 1.807) is 0 Å². The van der Waals surface area contributed by atoms with E-state index in [4.69, 9.17) is 5.41 Å². The molecule has 2 unspecified atom stereocenters. The molecule has 0 bridgehead atoms. The van der Waals surface area contributed by atoms with Crippen LogP contribution >= 0.6 is 0 Å². The van der Waals surface area contributed by atoms with E-state index in [9.17, 15) is 0 Å². The fourth-order valence-electron chi connectivity index (χ4n) is 2.60. The number of amidine groups is 1. The Labute approximate surface area is 87.2 Å². The van der Waals surface area contributed by atoms with Gasteiger partial charge in [-0.2, -0.15) is 0 Å². The first-order valence-electron chi connectivity index (χ1n) is 5.99. The average Bonchev–Trinajstić information content (AvgIpc) is 2.99. The maximum absolute atomic E-state index is 8.04. The number of nitrogens with zero attached hydrogens (tertiary/aromatic N) is 1. The minimum Gasteiger partial charge on any atom is -0.360 e. The summed E-state index contributed by atoms with van der Waals surface area (Å²) < 4.78 is 0. The lowest BCUT2D eigenvalue weighted by atomic mass is 9.86. The third kappa shape index (κ3) is 2.10. The van der Waals surface area contributed by atoms with Gasteiger partial charge in [-0.25, -0.2) is 0 Å². The van der Waals surface area contributed by atoms with E-state index in [0.29, 0.717) is 12.0 Å². The highest BCUT2D eigenvalue weighted by atomic mass is 15.2. The predicted molar refractivity (Wildman–Crippen MR) is 59.6 cm³/mol. The van der Waals surface area contributed by atoms with Crippen molar-refractivity contribution < 1.29 is 0 Å². The van der Waals surface area contributed by atoms with Crippen molar-refractivity contribution >= 4 is 5.84 Å². The predicted octanol–water partition coefficient (Wildman–Crippen LogP) is 2.88. The summed E-state index contributed by atoms with van der Waals surface area (Å²) in [5.41, 5.74) is 0. The van der Waals surface area contributed by atoms with Gasteiger partial charge in [0, 0.05) is 19.0 Å². The molecule has 0 aromatic carbocycles. The second-order valence-electron chi connectivity index (χ2n) is 5.20. The Morgan fingerprint density at radius 2 is 1.93 bits per heavy atom. The first-order valence-corrected chi connectivity index (χ1v) is 5.99. The van der Waals surface area contributed by atoms with Gasteiger partial charge in [0.2, 0.25) is 0 Å². The third-order valence-corrected chi connectivity index (χ3v) is 3.80. The van der Waals surface area contributed by atoms with Gasteiger partial charge in [0.1, 0.15) is 0 Å². The normalized spacial score (nSPS) is 32.7. The van der Waals surface area contributed by atoms with Gasteiger partial charge in [-0.05, 0) is 31.6 Å². The molecule has 0 aliphatic heterocycles. The maximum atomic E-state index is 8.04. The third-order valence-electron chi connectivity index (χ3n) is 3.80. The zero-order valence-electron chi connectivity index (χ0n) is 9.42. The molecule has 2 aliphatic carbocycles. The van der Waals surface area contributed by atoms with Crippen LogP contribution in [-0.2, 0) is 0 Å². The van der Waals surface area contributed by atoms with Crippen molar-refractivity contribution in [1.29, 1.82) is 5.41 Å². The van der Waals surface area contributed by atoms with E-state index in [0.717, 1.165) is 11.8 Å². The Bertz CT molecular complexity index is 220. The molecular formula is C12H22N2. The molecular weight excluding hydrogens is 172 g/mol. The van der Waals surface area contributed by atoms with Crippen molar-refractivity contribution in [2.75, 3.05) is 7.05 Å². The van der Waals surface area contributed by atoms with Crippen LogP contribution in [0.2, 0.25) is 0 Å². The van der Waals surface area contributed by atoms with Gasteiger partial charge in [-0.1, -0.05) is 19.8 Å². The van der Waals surface area contributed by atoms with E-state index >= 15 is 0 Å². The van der Waals surface area contributed by atoms with Crippen LogP contribution in [0.5, 0.6) is 0 Å². The van der Waals surface area contributed by atoms with Crippen molar-refractivity contribution in [2.45, 2.75) is 51.5 Å². The SMILES string of the molecule is CC1CCCC(N(C)C(=N)C2CC2)C1. The van der Waals surface area contributed by atoms with Gasteiger partial charge in [0.05, 0.1) is 5.84 Å². The number of nitrogens with one attached hydrogen (secondary N) is 1. The minimum atomic E-state index is 0.609. The van der Waals surface area contributed by atoms with Gasteiger partial charge in [0.25, 0.3) is 0 Å². The summed E-state index contributed by atoms with van der Waals surface area (Å²) in [5.74, 6) is 2.38. The summed E-state index contributed by atoms with van der Waals surface area (Å²) in [6.07, 6.45) is 7.85. The van der Waals surface area contributed by atoms with Gasteiger partial charge in [-0.15, -0.1) is 0 Å². The summed E-state index contributed by atoms with van der Waals surface area (Å²) in [4.78, 5) is 2.26. The smallest absolute Gasteiger partial charge is 0.0989 e. The number of rotatable bonds is 2. The van der Waals surface area contributed by atoms with Crippen molar-refractivity contribution in [3.8, 4) is 0 Å². The summed E-state index contributed by atoms with van der Waals surface area (Å²) in [7, 11) is 2.13. The summed E-state index contributed by atoms with van der Waals surface area (Å²) >= 11 is 0. The number of hydrogen-bond donors (Lipinski definition) is 1. The molecule has 2 fully saturated rings. The van der Waals surface area contributed by atoms with E-state index < -0.39 is 0 Å². The summed E-state index contributed by atoms with van der Waals surface area (Å²) in [6.45, 7) is 2.35. The Hall–Kier alpha value is -0.530. The Morgan fingerprint density at radius 3 is 2.50 bits per heavy atom. The minimum absolute atomic E-state index is 0.609. The molecule has 2 saturated carbocycles. The van der Waals surface area contributed by atoms with Crippen molar-refractivity contribution in [1.82, 2.24) is 4.90 Å². The second kappa shape index (κ2) is 3.92. The molecule has 2 atom stereocenters. The Balaban J connectivity index is 1.89. The Kier molecular flexibility index (Phi) is 2.80. The summed E-state index contributed by atoms with van der Waals surface area (Å²) in [5, 5.41) is 8.04. The second-order valence-corrected chi connectivity index (χ2v) is 5.20. The van der Waals surface area contributed by atoms with Crippen LogP contribution in [0.3, 0.4) is 0 Å². The monoisotopic (exact) mass is 194 g/mol. The topological polar surface area (TPSA) is 27.1 Å². The van der Waals surface area contributed by atoms with Crippen molar-refractivity contribution in [3.63, 3.8) is 0 Å². The molecule has 0 heterocycles. The van der Waals surface area contributed by atoms with E-state index in [-0.39, 0.29) is 0 Å². The average molecular weight is 194 g/mol. The van der Waals surface area contributed by atoms with E-state index in [1.807, 2.05) is 0 Å². The zero-order valence-corrected chi connectivity index (χ0v) is 9.42. The quantitative estimate of drug-likeness (QED) is 0.531. The first kappa shape index (κ1) is 10.0. The van der Waals surface area contributed by atoms with Crippen LogP contribution in [0, 0.1) is 17.2 Å². The van der Waals surface area contributed by atoms with E-state index in [1.165, 1.54) is 38.5 Å². The zero-order chi connectivity index (χ0) is 10.1. The molecule has 0 saturated heterocycles. The Morgan fingerprint density at radius 1 is 1.21 bits per heavy atom. The van der Waals surface area contributed by atoms with Gasteiger partial charge in [-0.3, -0.25) is 5.41 Å². The lowest BCUT2D eigenvalue weighted by Crippen LogP contribution is -2.40. The van der Waals surface area contributed by atoms with Gasteiger partial charge < -0.3 is 4.90 Å². The number of hydrogen-bond acceptors (Lipinski definition) is 1. The van der Waals surface area contributed by atoms with Crippen molar-refractivity contribution in [2.24, 2.45) is 11.8 Å². The fourth-order valence-corrected chi connectivity index (χ4v) is 2.60. The lowest BCUT2D eigenvalue weighted by Gasteiger charge is -2.35. The fraction of sp³-hybridized carbons (Fsp3) is 0.917. The maximum Gasteiger partial charge on any atom is 0.0989 e. The molecule has 0 radical (unpaired) electrons. The highest BCUT2D eigenvalue weighted by molar-refractivity contribution is 5.83. The highest BCUT2D eigenvalue weighted by Gasteiger charge is 2.32. The molecule has 2 heteroatoms. The molecule has 14 heavy (non-hydrogen) atoms. The molecule has 0 aromatic heterocycles. The molecule has 2 nitrogen and oxygen atoms in total. The van der Waals surface area contributed by atoms with E-state index in [2.05, 4.69) is 18.9 Å². The van der Waals surface area contributed by atoms with Gasteiger partial charge >= 0.3 is 0 Å². The van der Waals surface area contributed by atoms with Gasteiger partial charge in [0.15, 0.2) is 0 Å².